The summed E-state index contributed by atoms with van der Waals surface area (Å²) in [4.78, 5) is 15.3. The van der Waals surface area contributed by atoms with E-state index in [1.165, 1.54) is 25.5 Å². The highest BCUT2D eigenvalue weighted by Gasteiger charge is 2.18. The predicted molar refractivity (Wildman–Crippen MR) is 139 cm³/mol. The Hall–Kier alpha value is -3.69. The number of nitrogens with one attached hydrogen (secondary N) is 1. The second kappa shape index (κ2) is 10.3. The molecule has 4 aromatic carbocycles. The third-order valence-corrected chi connectivity index (χ3v) is 7.00. The van der Waals surface area contributed by atoms with Gasteiger partial charge in [0.1, 0.15) is 0 Å². The standard InChI is InChI=1S/C26H21BrN2O5S/c1-17-10-12-20(13-11-17)35(31,32)29-28-16-18-14-23(27)25(24(15-18)33-2)34-26(30)22-9-5-7-19-6-3-4-8-21(19)22/h3-16,29H,1-2H3/b28-16-. The van der Waals surface area contributed by atoms with Gasteiger partial charge in [-0.2, -0.15) is 13.5 Å². The summed E-state index contributed by atoms with van der Waals surface area (Å²) >= 11 is 3.41. The van der Waals surface area contributed by atoms with Crippen molar-refractivity contribution >= 4 is 48.9 Å². The number of carbonyl (C=O) groups is 1. The van der Waals surface area contributed by atoms with E-state index in [9.17, 15) is 13.2 Å². The molecule has 0 amide bonds. The molecule has 1 N–H and O–H groups in total. The molecule has 0 aliphatic heterocycles. The number of ether oxygens (including phenoxy) is 2. The van der Waals surface area contributed by atoms with Crippen LogP contribution in [0.2, 0.25) is 0 Å². The Kier molecular flexibility index (Phi) is 7.18. The number of benzene rings is 4. The topological polar surface area (TPSA) is 94.1 Å². The molecule has 0 unspecified atom stereocenters. The first-order chi connectivity index (χ1) is 16.8. The summed E-state index contributed by atoms with van der Waals surface area (Å²) in [7, 11) is -2.36. The molecule has 0 heterocycles. The van der Waals surface area contributed by atoms with Gasteiger partial charge in [-0.1, -0.05) is 54.1 Å². The van der Waals surface area contributed by atoms with E-state index in [4.69, 9.17) is 9.47 Å². The minimum atomic E-state index is -3.81. The van der Waals surface area contributed by atoms with Crippen molar-refractivity contribution in [3.05, 3.63) is 100 Å². The van der Waals surface area contributed by atoms with Gasteiger partial charge in [0.25, 0.3) is 10.0 Å². The molecule has 0 saturated carbocycles. The number of hydrazone groups is 1. The van der Waals surface area contributed by atoms with Crippen molar-refractivity contribution in [3.8, 4) is 11.5 Å². The number of aryl methyl sites for hydroxylation is 1. The van der Waals surface area contributed by atoms with Crippen LogP contribution in [-0.2, 0) is 10.0 Å². The first kappa shape index (κ1) is 24.4. The summed E-state index contributed by atoms with van der Waals surface area (Å²) in [6, 6.07) is 22.6. The predicted octanol–water partition coefficient (Wildman–Crippen LogP) is 5.45. The maximum atomic E-state index is 13.0. The number of halogens is 1. The lowest BCUT2D eigenvalue weighted by molar-refractivity contribution is 0.0730. The van der Waals surface area contributed by atoms with Gasteiger partial charge in [0.05, 0.1) is 28.3 Å². The Bertz CT molecular complexity index is 1530. The van der Waals surface area contributed by atoms with Crippen molar-refractivity contribution in [3.63, 3.8) is 0 Å². The Balaban J connectivity index is 1.55. The lowest BCUT2D eigenvalue weighted by Gasteiger charge is -2.13. The fourth-order valence-corrected chi connectivity index (χ4v) is 4.74. The van der Waals surface area contributed by atoms with Crippen LogP contribution < -0.4 is 14.3 Å². The maximum Gasteiger partial charge on any atom is 0.344 e. The third kappa shape index (κ3) is 5.52. The van der Waals surface area contributed by atoms with Gasteiger partial charge < -0.3 is 9.47 Å². The summed E-state index contributed by atoms with van der Waals surface area (Å²) in [6.45, 7) is 1.87. The molecule has 0 aliphatic rings. The number of fused-ring (bicyclic) bond motifs is 1. The largest absolute Gasteiger partial charge is 0.493 e. The highest BCUT2D eigenvalue weighted by atomic mass is 79.9. The zero-order chi connectivity index (χ0) is 25.0. The molecular weight excluding hydrogens is 532 g/mol. The number of rotatable bonds is 7. The van der Waals surface area contributed by atoms with E-state index in [1.807, 2.05) is 37.3 Å². The number of hydrogen-bond donors (Lipinski definition) is 1. The van der Waals surface area contributed by atoms with Crippen LogP contribution in [0.3, 0.4) is 0 Å². The Morgan fingerprint density at radius 2 is 1.71 bits per heavy atom. The third-order valence-electron chi connectivity index (χ3n) is 5.17. The van der Waals surface area contributed by atoms with Crippen LogP contribution in [0.15, 0.2) is 93.3 Å². The molecule has 0 aliphatic carbocycles. The van der Waals surface area contributed by atoms with Crippen molar-refractivity contribution in [1.82, 2.24) is 4.83 Å². The monoisotopic (exact) mass is 552 g/mol. The van der Waals surface area contributed by atoms with E-state index in [2.05, 4.69) is 25.9 Å². The Morgan fingerprint density at radius 1 is 1.00 bits per heavy atom. The molecule has 4 rings (SSSR count). The van der Waals surface area contributed by atoms with Gasteiger partial charge in [-0.15, -0.1) is 0 Å². The average Bonchev–Trinajstić information content (AvgIpc) is 2.85. The zero-order valence-electron chi connectivity index (χ0n) is 18.9. The van der Waals surface area contributed by atoms with Crippen LogP contribution in [0.4, 0.5) is 0 Å². The van der Waals surface area contributed by atoms with Crippen LogP contribution >= 0.6 is 15.9 Å². The molecular formula is C26H21BrN2O5S. The molecule has 0 atom stereocenters. The van der Waals surface area contributed by atoms with E-state index >= 15 is 0 Å². The molecule has 0 bridgehead atoms. The second-order valence-electron chi connectivity index (χ2n) is 7.62. The fraction of sp³-hybridized carbons (Fsp3) is 0.0769. The van der Waals surface area contributed by atoms with Crippen LogP contribution in [0.1, 0.15) is 21.5 Å². The van der Waals surface area contributed by atoms with Crippen LogP contribution in [0.25, 0.3) is 10.8 Å². The van der Waals surface area contributed by atoms with Crippen LogP contribution in [-0.4, -0.2) is 27.7 Å². The van der Waals surface area contributed by atoms with Crippen molar-refractivity contribution in [2.45, 2.75) is 11.8 Å². The first-order valence-corrected chi connectivity index (χ1v) is 12.7. The number of esters is 1. The fourth-order valence-electron chi connectivity index (χ4n) is 3.40. The number of carbonyl (C=O) groups excluding carboxylic acids is 1. The summed E-state index contributed by atoms with van der Waals surface area (Å²) in [5, 5.41) is 5.56. The van der Waals surface area contributed by atoms with Crippen molar-refractivity contribution in [1.29, 1.82) is 0 Å². The quantitative estimate of drug-likeness (QED) is 0.142. The minimum absolute atomic E-state index is 0.106. The van der Waals surface area contributed by atoms with Gasteiger partial charge in [0, 0.05) is 0 Å². The van der Waals surface area contributed by atoms with E-state index in [0.29, 0.717) is 15.6 Å². The lowest BCUT2D eigenvalue weighted by Crippen LogP contribution is -2.18. The van der Waals surface area contributed by atoms with E-state index in [-0.39, 0.29) is 16.4 Å². The molecule has 7 nitrogen and oxygen atoms in total. The lowest BCUT2D eigenvalue weighted by atomic mass is 10.0. The molecule has 0 aromatic heterocycles. The highest BCUT2D eigenvalue weighted by molar-refractivity contribution is 9.10. The summed E-state index contributed by atoms with van der Waals surface area (Å²) < 4.78 is 36.3. The molecule has 0 saturated heterocycles. The molecule has 0 radical (unpaired) electrons. The van der Waals surface area contributed by atoms with Crippen LogP contribution in [0, 0.1) is 6.92 Å². The molecule has 9 heteroatoms. The summed E-state index contributed by atoms with van der Waals surface area (Å²) in [5.74, 6) is -0.0632. The molecule has 178 valence electrons. The smallest absolute Gasteiger partial charge is 0.344 e. The van der Waals surface area contributed by atoms with E-state index in [1.54, 1.807) is 36.4 Å². The molecule has 4 aromatic rings. The molecule has 0 spiro atoms. The van der Waals surface area contributed by atoms with Gasteiger partial charge in [-0.3, -0.25) is 0 Å². The first-order valence-electron chi connectivity index (χ1n) is 10.5. The highest BCUT2D eigenvalue weighted by Crippen LogP contribution is 2.37. The van der Waals surface area contributed by atoms with Gasteiger partial charge in [-0.25, -0.2) is 9.63 Å². The molecule has 0 fully saturated rings. The summed E-state index contributed by atoms with van der Waals surface area (Å²) in [5.41, 5.74) is 1.89. The van der Waals surface area contributed by atoms with E-state index in [0.717, 1.165) is 16.3 Å². The van der Waals surface area contributed by atoms with Gasteiger partial charge >= 0.3 is 5.97 Å². The van der Waals surface area contributed by atoms with Crippen molar-refractivity contribution in [2.24, 2.45) is 5.10 Å². The van der Waals surface area contributed by atoms with E-state index < -0.39 is 16.0 Å². The average molecular weight is 553 g/mol. The number of sulfonamides is 1. The minimum Gasteiger partial charge on any atom is -0.493 e. The Morgan fingerprint density at radius 3 is 2.46 bits per heavy atom. The van der Waals surface area contributed by atoms with Gasteiger partial charge in [0.2, 0.25) is 0 Å². The number of nitrogens with zero attached hydrogens (tertiary/aromatic N) is 1. The zero-order valence-corrected chi connectivity index (χ0v) is 21.3. The van der Waals surface area contributed by atoms with Crippen molar-refractivity contribution in [2.75, 3.05) is 7.11 Å². The number of methoxy groups -OCH3 is 1. The van der Waals surface area contributed by atoms with Crippen LogP contribution in [0.5, 0.6) is 11.5 Å². The second-order valence-corrected chi connectivity index (χ2v) is 10.1. The maximum absolute atomic E-state index is 13.0. The molecule has 35 heavy (non-hydrogen) atoms. The van der Waals surface area contributed by atoms with Gasteiger partial charge in [-0.05, 0) is 69.5 Å². The Labute approximate surface area is 211 Å². The van der Waals surface area contributed by atoms with Gasteiger partial charge in [0.15, 0.2) is 11.5 Å². The number of hydrogen-bond acceptors (Lipinski definition) is 6. The normalized spacial score (nSPS) is 11.5. The SMILES string of the molecule is COc1cc(/C=N\NS(=O)(=O)c2ccc(C)cc2)cc(Br)c1OC(=O)c1cccc2ccccc12. The summed E-state index contributed by atoms with van der Waals surface area (Å²) in [6.07, 6.45) is 1.33. The van der Waals surface area contributed by atoms with Crippen molar-refractivity contribution < 1.29 is 22.7 Å².